The summed E-state index contributed by atoms with van der Waals surface area (Å²) in [6, 6.07) is 0. The van der Waals surface area contributed by atoms with E-state index in [1.807, 2.05) is 0 Å². The van der Waals surface area contributed by atoms with Crippen LogP contribution in [0.25, 0.3) is 0 Å². The third-order valence-corrected chi connectivity index (χ3v) is 3.00. The van der Waals surface area contributed by atoms with Crippen LogP contribution in [0.4, 0.5) is 5.95 Å². The Bertz CT molecular complexity index is 321. The molecule has 1 aliphatic carbocycles. The molecule has 1 heterocycles. The Morgan fingerprint density at radius 1 is 1.29 bits per heavy atom. The summed E-state index contributed by atoms with van der Waals surface area (Å²) < 4.78 is 0. The second-order valence-corrected chi connectivity index (χ2v) is 4.17. The lowest BCUT2D eigenvalue weighted by atomic mass is 9.97. The normalized spacial score (nSPS) is 26.7. The highest BCUT2D eigenvalue weighted by Gasteiger charge is 2.27. The van der Waals surface area contributed by atoms with Crippen molar-refractivity contribution in [3.8, 4) is 0 Å². The fraction of sp³-hybridized carbons (Fsp3) is 0.667. The van der Waals surface area contributed by atoms with Gasteiger partial charge in [-0.1, -0.05) is 13.3 Å². The first kappa shape index (κ1) is 9.65. The van der Waals surface area contributed by atoms with E-state index in [4.69, 9.17) is 17.3 Å². The molecule has 0 spiro atoms. The quantitative estimate of drug-likeness (QED) is 0.774. The lowest BCUT2D eigenvalue weighted by Crippen LogP contribution is -2.10. The molecule has 1 aromatic rings. The van der Waals surface area contributed by atoms with Gasteiger partial charge in [-0.15, -0.1) is 0 Å². The molecule has 0 aliphatic heterocycles. The first-order chi connectivity index (χ1) is 6.66. The number of rotatable bonds is 1. The monoisotopic (exact) mass is 212 g/mol. The van der Waals surface area contributed by atoms with Crippen molar-refractivity contribution in [2.75, 3.05) is 5.73 Å². The molecule has 2 rings (SSSR count). The van der Waals surface area contributed by atoms with E-state index in [1.165, 1.54) is 12.8 Å². The Morgan fingerprint density at radius 2 is 2.07 bits per heavy atom. The molecule has 2 unspecified atom stereocenters. The van der Waals surface area contributed by atoms with Gasteiger partial charge in [-0.05, 0) is 30.4 Å². The van der Waals surface area contributed by atoms with Crippen LogP contribution >= 0.6 is 11.6 Å². The Morgan fingerprint density at radius 3 is 2.64 bits per heavy atom. The Kier molecular flexibility index (Phi) is 2.54. The van der Waals surface area contributed by atoms with E-state index in [9.17, 15) is 0 Å². The number of hydrogen-bond donors (Lipinski definition) is 1. The highest BCUT2D eigenvalue weighted by Crippen LogP contribution is 2.37. The fourth-order valence-corrected chi connectivity index (χ4v) is 2.25. The van der Waals surface area contributed by atoms with Crippen LogP contribution in [0.3, 0.4) is 0 Å². The Hall–Kier alpha value is -0.900. The zero-order chi connectivity index (χ0) is 10.1. The maximum atomic E-state index is 5.73. The number of nitrogen functional groups attached to an aromatic ring is 1. The molecule has 14 heavy (non-hydrogen) atoms. The van der Waals surface area contributed by atoms with Crippen molar-refractivity contribution < 1.29 is 0 Å². The summed E-state index contributed by atoms with van der Waals surface area (Å²) in [5.41, 5.74) is 5.53. The van der Waals surface area contributed by atoms with Crippen molar-refractivity contribution in [1.29, 1.82) is 0 Å². The second kappa shape index (κ2) is 3.69. The van der Waals surface area contributed by atoms with Gasteiger partial charge >= 0.3 is 0 Å². The Balaban J connectivity index is 2.31. The average Bonchev–Trinajstić information content (AvgIpc) is 2.49. The minimum atomic E-state index is 0.201. The van der Waals surface area contributed by atoms with Gasteiger partial charge in [-0.3, -0.25) is 0 Å². The lowest BCUT2D eigenvalue weighted by Gasteiger charge is -2.13. The highest BCUT2D eigenvalue weighted by atomic mass is 35.5. The maximum absolute atomic E-state index is 5.73. The second-order valence-electron chi connectivity index (χ2n) is 3.84. The summed E-state index contributed by atoms with van der Waals surface area (Å²) in [6.45, 7) is 2.21. The van der Waals surface area contributed by atoms with Crippen molar-refractivity contribution in [1.82, 2.24) is 15.0 Å². The van der Waals surface area contributed by atoms with Gasteiger partial charge in [0.2, 0.25) is 11.2 Å². The predicted molar refractivity (Wildman–Crippen MR) is 55.0 cm³/mol. The number of aromatic nitrogens is 3. The molecule has 1 fully saturated rings. The first-order valence-electron chi connectivity index (χ1n) is 4.84. The zero-order valence-corrected chi connectivity index (χ0v) is 8.83. The van der Waals surface area contributed by atoms with Gasteiger partial charge in [-0.25, -0.2) is 4.98 Å². The van der Waals surface area contributed by atoms with Crippen LogP contribution in [0, 0.1) is 5.92 Å². The third kappa shape index (κ3) is 1.80. The van der Waals surface area contributed by atoms with Crippen LogP contribution in [0.1, 0.15) is 37.9 Å². The zero-order valence-electron chi connectivity index (χ0n) is 8.07. The minimum Gasteiger partial charge on any atom is -0.368 e. The van der Waals surface area contributed by atoms with Gasteiger partial charge in [0.05, 0.1) is 0 Å². The highest BCUT2D eigenvalue weighted by molar-refractivity contribution is 6.28. The molecule has 4 nitrogen and oxygen atoms in total. The van der Waals surface area contributed by atoms with Gasteiger partial charge in [-0.2, -0.15) is 9.97 Å². The largest absolute Gasteiger partial charge is 0.368 e. The van der Waals surface area contributed by atoms with Crippen LogP contribution in [-0.2, 0) is 0 Å². The van der Waals surface area contributed by atoms with Gasteiger partial charge in [0.15, 0.2) is 0 Å². The number of nitrogens with two attached hydrogens (primary N) is 1. The van der Waals surface area contributed by atoms with Crippen LogP contribution < -0.4 is 5.73 Å². The molecule has 0 saturated heterocycles. The number of anilines is 1. The third-order valence-electron chi connectivity index (χ3n) is 2.84. The lowest BCUT2D eigenvalue weighted by molar-refractivity contribution is 0.508. The van der Waals surface area contributed by atoms with E-state index in [0.717, 1.165) is 12.2 Å². The average molecular weight is 213 g/mol. The molecule has 1 aliphatic rings. The van der Waals surface area contributed by atoms with Crippen LogP contribution in [0.15, 0.2) is 0 Å². The summed E-state index contributed by atoms with van der Waals surface area (Å²) in [5, 5.41) is 0.201. The van der Waals surface area contributed by atoms with Crippen molar-refractivity contribution >= 4 is 17.5 Å². The Labute approximate surface area is 87.9 Å². The van der Waals surface area contributed by atoms with Crippen LogP contribution in [0.2, 0.25) is 5.28 Å². The van der Waals surface area contributed by atoms with Gasteiger partial charge in [0, 0.05) is 5.92 Å². The summed E-state index contributed by atoms with van der Waals surface area (Å²) in [4.78, 5) is 12.0. The summed E-state index contributed by atoms with van der Waals surface area (Å²) in [5.74, 6) is 2.00. The number of hydrogen-bond acceptors (Lipinski definition) is 4. The molecular formula is C9H13ClN4. The van der Waals surface area contributed by atoms with Gasteiger partial charge in [0.25, 0.3) is 0 Å². The first-order valence-corrected chi connectivity index (χ1v) is 5.21. The van der Waals surface area contributed by atoms with E-state index < -0.39 is 0 Å². The van der Waals surface area contributed by atoms with Crippen molar-refractivity contribution in [3.05, 3.63) is 11.1 Å². The molecule has 76 valence electrons. The maximum Gasteiger partial charge on any atom is 0.227 e. The topological polar surface area (TPSA) is 64.7 Å². The van der Waals surface area contributed by atoms with Crippen molar-refractivity contribution in [2.24, 2.45) is 5.92 Å². The summed E-state index contributed by atoms with van der Waals surface area (Å²) >= 11 is 5.73. The van der Waals surface area contributed by atoms with E-state index in [1.54, 1.807) is 0 Å². The molecule has 0 amide bonds. The molecule has 0 aromatic carbocycles. The van der Waals surface area contributed by atoms with Gasteiger partial charge in [0.1, 0.15) is 5.82 Å². The van der Waals surface area contributed by atoms with Crippen molar-refractivity contribution in [2.45, 2.75) is 32.1 Å². The van der Waals surface area contributed by atoms with E-state index in [2.05, 4.69) is 21.9 Å². The molecule has 2 atom stereocenters. The molecule has 1 saturated carbocycles. The fourth-order valence-electron chi connectivity index (χ4n) is 2.08. The van der Waals surface area contributed by atoms with E-state index in [0.29, 0.717) is 11.8 Å². The SMILES string of the molecule is CC1CCCC1c1nc(N)nc(Cl)n1. The van der Waals surface area contributed by atoms with Gasteiger partial charge < -0.3 is 5.73 Å². The molecule has 5 heteroatoms. The molecule has 0 radical (unpaired) electrons. The number of nitrogens with zero attached hydrogens (tertiary/aromatic N) is 3. The molecular weight excluding hydrogens is 200 g/mol. The van der Waals surface area contributed by atoms with E-state index >= 15 is 0 Å². The van der Waals surface area contributed by atoms with Crippen LogP contribution in [-0.4, -0.2) is 15.0 Å². The van der Waals surface area contributed by atoms with Crippen LogP contribution in [0.5, 0.6) is 0 Å². The molecule has 0 bridgehead atoms. The van der Waals surface area contributed by atoms with Crippen molar-refractivity contribution in [3.63, 3.8) is 0 Å². The summed E-state index contributed by atoms with van der Waals surface area (Å²) in [6.07, 6.45) is 3.59. The predicted octanol–water partition coefficient (Wildman–Crippen LogP) is 2.01. The standard InChI is InChI=1S/C9H13ClN4/c1-5-3-2-4-6(5)7-12-8(10)14-9(11)13-7/h5-6H,2-4H2,1H3,(H2,11,12,13,14). The molecule has 1 aromatic heterocycles. The number of halogens is 1. The smallest absolute Gasteiger partial charge is 0.227 e. The molecule has 2 N–H and O–H groups in total. The minimum absolute atomic E-state index is 0.201. The van der Waals surface area contributed by atoms with E-state index in [-0.39, 0.29) is 11.2 Å². The summed E-state index contributed by atoms with van der Waals surface area (Å²) in [7, 11) is 0.